The zero-order valence-corrected chi connectivity index (χ0v) is 9.77. The predicted molar refractivity (Wildman–Crippen MR) is 61.7 cm³/mol. The Kier molecular flexibility index (Phi) is 3.63. The van der Waals surface area contributed by atoms with Crippen molar-refractivity contribution in [1.29, 1.82) is 0 Å². The molecule has 78 valence electrons. The maximum Gasteiger partial charge on any atom is 0.120 e. The van der Waals surface area contributed by atoms with Crippen LogP contribution in [0.4, 0.5) is 0 Å². The Balaban J connectivity index is 2.81. The van der Waals surface area contributed by atoms with E-state index in [0.717, 1.165) is 17.8 Å². The van der Waals surface area contributed by atoms with Crippen LogP contribution in [0.1, 0.15) is 38.6 Å². The molecule has 0 saturated heterocycles. The van der Waals surface area contributed by atoms with Gasteiger partial charge in [-0.1, -0.05) is 6.92 Å². The third kappa shape index (κ3) is 2.80. The second kappa shape index (κ2) is 4.55. The number of hydrogen-bond donors (Lipinski definition) is 1. The number of nitrogens with two attached hydrogens (primary N) is 1. The van der Waals surface area contributed by atoms with Crippen LogP contribution >= 0.6 is 11.3 Å². The van der Waals surface area contributed by atoms with Crippen LogP contribution in [0.5, 0.6) is 0 Å². The monoisotopic (exact) mass is 211 g/mol. The highest BCUT2D eigenvalue weighted by Crippen LogP contribution is 2.26. The summed E-state index contributed by atoms with van der Waals surface area (Å²) >= 11 is 1.62. The Bertz CT molecular complexity index is 301. The molecule has 1 aromatic heterocycles. The molecule has 0 saturated carbocycles. The van der Waals surface area contributed by atoms with E-state index in [4.69, 9.17) is 5.73 Å². The molecule has 1 rings (SSSR count). The van der Waals surface area contributed by atoms with Gasteiger partial charge in [0.2, 0.25) is 0 Å². The molecule has 2 N–H and O–H groups in total. The lowest BCUT2D eigenvalue weighted by molar-refractivity contribution is 0.551. The van der Waals surface area contributed by atoms with Crippen LogP contribution in [0, 0.1) is 0 Å². The van der Waals surface area contributed by atoms with Gasteiger partial charge in [0.15, 0.2) is 0 Å². The van der Waals surface area contributed by atoms with E-state index in [9.17, 15) is 0 Å². The molecular weight excluding hydrogens is 194 g/mol. The number of aromatic nitrogens is 1. The standard InChI is InChI=1S/C10H17N3S/c1-4-5-8(11)13-10(2,3)9-12-6-7-14-9/h6-7H,4-5H2,1-3H3,(H2,11,13). The highest BCUT2D eigenvalue weighted by Gasteiger charge is 2.22. The van der Waals surface area contributed by atoms with E-state index in [0.29, 0.717) is 5.84 Å². The quantitative estimate of drug-likeness (QED) is 0.614. The molecule has 0 aliphatic carbocycles. The molecule has 3 nitrogen and oxygen atoms in total. The molecule has 0 bridgehead atoms. The summed E-state index contributed by atoms with van der Waals surface area (Å²) in [6.07, 6.45) is 3.69. The van der Waals surface area contributed by atoms with E-state index in [1.807, 2.05) is 19.2 Å². The topological polar surface area (TPSA) is 51.3 Å². The number of hydrogen-bond acceptors (Lipinski definition) is 3. The predicted octanol–water partition coefficient (Wildman–Crippen LogP) is 2.54. The molecule has 0 atom stereocenters. The van der Waals surface area contributed by atoms with Gasteiger partial charge in [0.1, 0.15) is 10.5 Å². The lowest BCUT2D eigenvalue weighted by Gasteiger charge is -2.17. The van der Waals surface area contributed by atoms with Gasteiger partial charge in [-0.05, 0) is 20.3 Å². The first-order valence-electron chi connectivity index (χ1n) is 4.80. The van der Waals surface area contributed by atoms with E-state index in [1.54, 1.807) is 17.5 Å². The molecule has 0 unspecified atom stereocenters. The first kappa shape index (κ1) is 11.2. The van der Waals surface area contributed by atoms with Crippen molar-refractivity contribution >= 4 is 17.2 Å². The minimum atomic E-state index is -0.284. The summed E-state index contributed by atoms with van der Waals surface area (Å²) in [5, 5.41) is 2.97. The minimum Gasteiger partial charge on any atom is -0.387 e. The van der Waals surface area contributed by atoms with E-state index < -0.39 is 0 Å². The van der Waals surface area contributed by atoms with Crippen molar-refractivity contribution in [1.82, 2.24) is 4.98 Å². The van der Waals surface area contributed by atoms with E-state index in [-0.39, 0.29) is 5.54 Å². The Morgan fingerprint density at radius 2 is 2.36 bits per heavy atom. The largest absolute Gasteiger partial charge is 0.387 e. The number of thiazole rings is 1. The van der Waals surface area contributed by atoms with Crippen molar-refractivity contribution in [3.63, 3.8) is 0 Å². The molecule has 0 aliphatic rings. The molecular formula is C10H17N3S. The van der Waals surface area contributed by atoms with Gasteiger partial charge >= 0.3 is 0 Å². The summed E-state index contributed by atoms with van der Waals surface area (Å²) in [5.74, 6) is 0.715. The Hall–Kier alpha value is -0.900. The fourth-order valence-electron chi connectivity index (χ4n) is 1.24. The van der Waals surface area contributed by atoms with Crippen molar-refractivity contribution in [3.8, 4) is 0 Å². The van der Waals surface area contributed by atoms with Gasteiger partial charge in [-0.15, -0.1) is 11.3 Å². The van der Waals surface area contributed by atoms with Crippen LogP contribution in [0.3, 0.4) is 0 Å². The zero-order valence-electron chi connectivity index (χ0n) is 8.95. The molecule has 1 aromatic rings. The third-order valence-corrected chi connectivity index (χ3v) is 2.97. The summed E-state index contributed by atoms with van der Waals surface area (Å²) < 4.78 is 0. The second-order valence-electron chi connectivity index (χ2n) is 3.75. The lowest BCUT2D eigenvalue weighted by atomic mass is 10.1. The molecule has 4 heteroatoms. The highest BCUT2D eigenvalue weighted by atomic mass is 32.1. The number of aliphatic imine (C=N–C) groups is 1. The van der Waals surface area contributed by atoms with Crippen LogP contribution < -0.4 is 5.73 Å². The van der Waals surface area contributed by atoms with Gasteiger partial charge < -0.3 is 5.73 Å². The van der Waals surface area contributed by atoms with Gasteiger partial charge in [-0.2, -0.15) is 0 Å². The molecule has 14 heavy (non-hydrogen) atoms. The fraction of sp³-hybridized carbons (Fsp3) is 0.600. The van der Waals surface area contributed by atoms with Crippen molar-refractivity contribution < 1.29 is 0 Å². The Morgan fingerprint density at radius 3 is 2.86 bits per heavy atom. The van der Waals surface area contributed by atoms with Crippen LogP contribution in [-0.2, 0) is 5.54 Å². The van der Waals surface area contributed by atoms with Crippen molar-refractivity contribution in [2.75, 3.05) is 0 Å². The summed E-state index contributed by atoms with van der Waals surface area (Å²) in [6.45, 7) is 6.17. The summed E-state index contributed by atoms with van der Waals surface area (Å²) in [4.78, 5) is 8.74. The molecule has 0 aliphatic heterocycles. The average Bonchev–Trinajstić information content (AvgIpc) is 2.54. The zero-order chi connectivity index (χ0) is 10.6. The average molecular weight is 211 g/mol. The van der Waals surface area contributed by atoms with Crippen molar-refractivity contribution in [3.05, 3.63) is 16.6 Å². The first-order chi connectivity index (χ1) is 6.56. The SMILES string of the molecule is CCCC(N)=NC(C)(C)c1nccs1. The van der Waals surface area contributed by atoms with Gasteiger partial charge in [-0.25, -0.2) is 4.98 Å². The Labute approximate surface area is 89.1 Å². The number of rotatable bonds is 4. The van der Waals surface area contributed by atoms with Crippen molar-refractivity contribution in [2.45, 2.75) is 39.2 Å². The maximum atomic E-state index is 5.80. The molecule has 1 heterocycles. The van der Waals surface area contributed by atoms with Gasteiger partial charge in [0.25, 0.3) is 0 Å². The van der Waals surface area contributed by atoms with Gasteiger partial charge in [0, 0.05) is 18.0 Å². The van der Waals surface area contributed by atoms with Gasteiger partial charge in [0.05, 0.1) is 5.84 Å². The van der Waals surface area contributed by atoms with Crippen LogP contribution in [0.2, 0.25) is 0 Å². The molecule has 0 amide bonds. The van der Waals surface area contributed by atoms with Gasteiger partial charge in [-0.3, -0.25) is 4.99 Å². The molecule has 0 fully saturated rings. The Morgan fingerprint density at radius 1 is 1.64 bits per heavy atom. The molecule has 0 radical (unpaired) electrons. The smallest absolute Gasteiger partial charge is 0.120 e. The summed E-state index contributed by atoms with van der Waals surface area (Å²) in [5.41, 5.74) is 5.52. The highest BCUT2D eigenvalue weighted by molar-refractivity contribution is 7.09. The van der Waals surface area contributed by atoms with E-state index >= 15 is 0 Å². The number of amidine groups is 1. The minimum absolute atomic E-state index is 0.284. The fourth-order valence-corrected chi connectivity index (χ4v) is 1.95. The first-order valence-corrected chi connectivity index (χ1v) is 5.68. The van der Waals surface area contributed by atoms with E-state index in [1.165, 1.54) is 0 Å². The number of nitrogens with zero attached hydrogens (tertiary/aromatic N) is 2. The summed E-state index contributed by atoms with van der Waals surface area (Å²) in [7, 11) is 0. The van der Waals surface area contributed by atoms with Crippen molar-refractivity contribution in [2.24, 2.45) is 10.7 Å². The molecule has 0 spiro atoms. The van der Waals surface area contributed by atoms with Crippen LogP contribution in [-0.4, -0.2) is 10.8 Å². The molecule has 0 aromatic carbocycles. The third-order valence-electron chi connectivity index (χ3n) is 1.88. The van der Waals surface area contributed by atoms with E-state index in [2.05, 4.69) is 16.9 Å². The normalized spacial score (nSPS) is 13.2. The van der Waals surface area contributed by atoms with Crippen LogP contribution in [0.15, 0.2) is 16.6 Å². The lowest BCUT2D eigenvalue weighted by Crippen LogP contribution is -2.21. The van der Waals surface area contributed by atoms with Crippen LogP contribution in [0.25, 0.3) is 0 Å². The second-order valence-corrected chi connectivity index (χ2v) is 4.64. The summed E-state index contributed by atoms with van der Waals surface area (Å²) in [6, 6.07) is 0. The maximum absolute atomic E-state index is 5.80.